The molecule has 0 saturated carbocycles. The van der Waals surface area contributed by atoms with E-state index < -0.39 is 0 Å². The van der Waals surface area contributed by atoms with Crippen molar-refractivity contribution < 1.29 is 9.18 Å². The number of thiophene rings is 1. The number of benzene rings is 1. The molecule has 1 aliphatic heterocycles. The Kier molecular flexibility index (Phi) is 5.73. The topological polar surface area (TPSA) is 54.3 Å². The Balaban J connectivity index is 1.60. The highest BCUT2D eigenvalue weighted by atomic mass is 32.1. The van der Waals surface area contributed by atoms with Crippen molar-refractivity contribution in [1.82, 2.24) is 24.6 Å². The Morgan fingerprint density at radius 3 is 2.62 bits per heavy atom. The van der Waals surface area contributed by atoms with Crippen LogP contribution in [0.1, 0.15) is 24.5 Å². The molecule has 1 aliphatic rings. The van der Waals surface area contributed by atoms with E-state index in [2.05, 4.69) is 28.8 Å². The summed E-state index contributed by atoms with van der Waals surface area (Å²) in [5.74, 6) is 0.767. The lowest BCUT2D eigenvalue weighted by Gasteiger charge is -2.34. The van der Waals surface area contributed by atoms with E-state index >= 15 is 0 Å². The van der Waals surface area contributed by atoms with Gasteiger partial charge < -0.3 is 4.90 Å². The number of nitrogens with zero attached hydrogens (tertiary/aromatic N) is 5. The van der Waals surface area contributed by atoms with Gasteiger partial charge in [0.15, 0.2) is 5.82 Å². The van der Waals surface area contributed by atoms with Crippen LogP contribution in [0.15, 0.2) is 41.8 Å². The monoisotopic (exact) mass is 413 g/mol. The summed E-state index contributed by atoms with van der Waals surface area (Å²) in [4.78, 5) is 22.7. The zero-order valence-corrected chi connectivity index (χ0v) is 17.4. The molecule has 0 aliphatic carbocycles. The molecule has 1 saturated heterocycles. The van der Waals surface area contributed by atoms with Gasteiger partial charge in [0, 0.05) is 32.7 Å². The molecule has 29 heavy (non-hydrogen) atoms. The van der Waals surface area contributed by atoms with Crippen molar-refractivity contribution >= 4 is 17.2 Å². The van der Waals surface area contributed by atoms with E-state index in [-0.39, 0.29) is 17.5 Å². The van der Waals surface area contributed by atoms with Crippen molar-refractivity contribution in [3.8, 4) is 16.4 Å². The number of amides is 1. The zero-order chi connectivity index (χ0) is 20.4. The molecule has 2 aromatic heterocycles. The molecular weight excluding hydrogens is 389 g/mol. The van der Waals surface area contributed by atoms with Crippen LogP contribution in [0.25, 0.3) is 16.4 Å². The fourth-order valence-corrected chi connectivity index (χ4v) is 4.25. The van der Waals surface area contributed by atoms with Gasteiger partial charge in [-0.05, 0) is 35.6 Å². The first-order chi connectivity index (χ1) is 14.0. The Bertz CT molecular complexity index is 977. The molecule has 0 spiro atoms. The molecule has 1 fully saturated rings. The summed E-state index contributed by atoms with van der Waals surface area (Å²) in [5.41, 5.74) is 0.543. The Morgan fingerprint density at radius 1 is 1.17 bits per heavy atom. The lowest BCUT2D eigenvalue weighted by molar-refractivity contribution is 0.0612. The Hall–Kier alpha value is -2.58. The average molecular weight is 414 g/mol. The second-order valence-electron chi connectivity index (χ2n) is 7.61. The SMILES string of the molecule is CC(C)CN1CCN(C(=O)c2nc(-c3cccs3)n(-c3cccc(F)c3)n2)CC1. The lowest BCUT2D eigenvalue weighted by Crippen LogP contribution is -2.49. The number of halogens is 1. The summed E-state index contributed by atoms with van der Waals surface area (Å²) in [6, 6.07) is 10.00. The summed E-state index contributed by atoms with van der Waals surface area (Å²) in [5, 5.41) is 6.40. The minimum Gasteiger partial charge on any atom is -0.333 e. The van der Waals surface area contributed by atoms with Crippen LogP contribution in [-0.2, 0) is 0 Å². The smallest absolute Gasteiger partial charge is 0.293 e. The van der Waals surface area contributed by atoms with Crippen LogP contribution >= 0.6 is 11.3 Å². The lowest BCUT2D eigenvalue weighted by atomic mass is 10.2. The molecule has 0 bridgehead atoms. The number of carbonyl (C=O) groups excluding carboxylic acids is 1. The zero-order valence-electron chi connectivity index (χ0n) is 16.6. The van der Waals surface area contributed by atoms with Crippen molar-refractivity contribution in [1.29, 1.82) is 0 Å². The number of piperazine rings is 1. The highest BCUT2D eigenvalue weighted by molar-refractivity contribution is 7.13. The number of hydrogen-bond acceptors (Lipinski definition) is 5. The van der Waals surface area contributed by atoms with Gasteiger partial charge in [0.05, 0.1) is 10.6 Å². The summed E-state index contributed by atoms with van der Waals surface area (Å²) in [6.45, 7) is 8.47. The second kappa shape index (κ2) is 8.42. The molecule has 152 valence electrons. The minimum absolute atomic E-state index is 0.148. The maximum absolute atomic E-state index is 13.8. The van der Waals surface area contributed by atoms with Gasteiger partial charge in [-0.15, -0.1) is 16.4 Å². The molecule has 0 N–H and O–H groups in total. The molecule has 3 aromatic rings. The van der Waals surface area contributed by atoms with E-state index in [1.165, 1.54) is 23.5 Å². The van der Waals surface area contributed by atoms with E-state index in [9.17, 15) is 9.18 Å². The molecule has 1 aromatic carbocycles. The van der Waals surface area contributed by atoms with Crippen LogP contribution in [0.3, 0.4) is 0 Å². The molecule has 8 heteroatoms. The quantitative estimate of drug-likeness (QED) is 0.642. The first-order valence-electron chi connectivity index (χ1n) is 9.80. The predicted octanol–water partition coefficient (Wildman–Crippen LogP) is 3.55. The molecule has 3 heterocycles. The van der Waals surface area contributed by atoms with Crippen molar-refractivity contribution in [2.45, 2.75) is 13.8 Å². The number of rotatable bonds is 5. The van der Waals surface area contributed by atoms with Gasteiger partial charge in [0.1, 0.15) is 5.82 Å². The highest BCUT2D eigenvalue weighted by Gasteiger charge is 2.27. The van der Waals surface area contributed by atoms with E-state index in [1.54, 1.807) is 21.7 Å². The van der Waals surface area contributed by atoms with Gasteiger partial charge in [0.2, 0.25) is 5.82 Å². The van der Waals surface area contributed by atoms with Crippen molar-refractivity contribution in [2.75, 3.05) is 32.7 Å². The fourth-order valence-electron chi connectivity index (χ4n) is 3.55. The highest BCUT2D eigenvalue weighted by Crippen LogP contribution is 2.26. The predicted molar refractivity (Wildman–Crippen MR) is 112 cm³/mol. The molecular formula is C21H24FN5OS. The summed E-state index contributed by atoms with van der Waals surface area (Å²) >= 11 is 1.51. The van der Waals surface area contributed by atoms with E-state index in [0.29, 0.717) is 30.5 Å². The first-order valence-corrected chi connectivity index (χ1v) is 10.7. The van der Waals surface area contributed by atoms with E-state index in [0.717, 1.165) is 24.5 Å². The van der Waals surface area contributed by atoms with Gasteiger partial charge in [0.25, 0.3) is 5.91 Å². The average Bonchev–Trinajstić information content (AvgIpc) is 3.37. The second-order valence-corrected chi connectivity index (χ2v) is 8.56. The van der Waals surface area contributed by atoms with E-state index in [1.807, 2.05) is 17.5 Å². The van der Waals surface area contributed by atoms with Gasteiger partial charge >= 0.3 is 0 Å². The summed E-state index contributed by atoms with van der Waals surface area (Å²) in [7, 11) is 0. The van der Waals surface area contributed by atoms with Crippen LogP contribution in [0.2, 0.25) is 0 Å². The van der Waals surface area contributed by atoms with Gasteiger partial charge in [-0.1, -0.05) is 26.0 Å². The number of carbonyl (C=O) groups is 1. The van der Waals surface area contributed by atoms with Crippen LogP contribution in [0, 0.1) is 11.7 Å². The fraction of sp³-hybridized carbons (Fsp3) is 0.381. The molecule has 0 atom stereocenters. The van der Waals surface area contributed by atoms with Crippen LogP contribution < -0.4 is 0 Å². The maximum Gasteiger partial charge on any atom is 0.293 e. The molecule has 1 amide bonds. The summed E-state index contributed by atoms with van der Waals surface area (Å²) in [6.07, 6.45) is 0. The minimum atomic E-state index is -0.357. The normalized spacial score (nSPS) is 15.2. The van der Waals surface area contributed by atoms with Crippen LogP contribution in [0.4, 0.5) is 4.39 Å². The largest absolute Gasteiger partial charge is 0.333 e. The van der Waals surface area contributed by atoms with Crippen molar-refractivity contribution in [2.24, 2.45) is 5.92 Å². The molecule has 4 rings (SSSR count). The molecule has 0 unspecified atom stereocenters. The van der Waals surface area contributed by atoms with Crippen LogP contribution in [-0.4, -0.2) is 63.2 Å². The Morgan fingerprint density at radius 2 is 1.97 bits per heavy atom. The number of hydrogen-bond donors (Lipinski definition) is 0. The Labute approximate surface area is 173 Å². The van der Waals surface area contributed by atoms with Crippen molar-refractivity contribution in [3.05, 3.63) is 53.4 Å². The molecule has 6 nitrogen and oxygen atoms in total. The summed E-state index contributed by atoms with van der Waals surface area (Å²) < 4.78 is 15.3. The maximum atomic E-state index is 13.8. The van der Waals surface area contributed by atoms with Gasteiger partial charge in [-0.2, -0.15) is 0 Å². The van der Waals surface area contributed by atoms with Gasteiger partial charge in [-0.25, -0.2) is 14.1 Å². The third-order valence-corrected chi connectivity index (χ3v) is 5.74. The van der Waals surface area contributed by atoms with Gasteiger partial charge in [-0.3, -0.25) is 9.69 Å². The number of aromatic nitrogens is 3. The standard InChI is InChI=1S/C21H24FN5OS/c1-15(2)14-25-8-10-26(11-9-25)21(28)19-23-20(18-7-4-12-29-18)27(24-19)17-6-3-5-16(22)13-17/h3-7,12-13,15H,8-11,14H2,1-2H3. The van der Waals surface area contributed by atoms with Crippen molar-refractivity contribution in [3.63, 3.8) is 0 Å². The third kappa shape index (κ3) is 4.38. The first kappa shape index (κ1) is 19.7. The van der Waals surface area contributed by atoms with Crippen LogP contribution in [0.5, 0.6) is 0 Å². The molecule has 0 radical (unpaired) electrons. The van der Waals surface area contributed by atoms with E-state index in [4.69, 9.17) is 0 Å². The third-order valence-electron chi connectivity index (χ3n) is 4.88.